The van der Waals surface area contributed by atoms with Crippen molar-refractivity contribution in [2.75, 3.05) is 25.5 Å². The number of halogens is 3. The van der Waals surface area contributed by atoms with Crippen molar-refractivity contribution in [1.29, 1.82) is 0 Å². The summed E-state index contributed by atoms with van der Waals surface area (Å²) in [6.45, 7) is 6.76. The molecule has 1 aromatic heterocycles. The summed E-state index contributed by atoms with van der Waals surface area (Å²) in [6.07, 6.45) is -0.00208. The first kappa shape index (κ1) is 33.2. The summed E-state index contributed by atoms with van der Waals surface area (Å²) in [5.41, 5.74) is 1.10. The monoisotopic (exact) mass is 638 g/mol. The summed E-state index contributed by atoms with van der Waals surface area (Å²) in [4.78, 5) is 35.1. The van der Waals surface area contributed by atoms with E-state index in [9.17, 15) is 22.8 Å². The predicted molar refractivity (Wildman–Crippen MR) is 168 cm³/mol. The molecule has 246 valence electrons. The number of carbonyl (C=O) groups is 2. The van der Waals surface area contributed by atoms with Crippen LogP contribution in [0.1, 0.15) is 86.7 Å². The molecule has 1 aliphatic carbocycles. The Kier molecular flexibility index (Phi) is 9.60. The highest BCUT2D eigenvalue weighted by atomic mass is 19.4. The van der Waals surface area contributed by atoms with Gasteiger partial charge in [-0.05, 0) is 94.0 Å². The van der Waals surface area contributed by atoms with E-state index < -0.39 is 22.8 Å². The quantitative estimate of drug-likeness (QED) is 0.252. The van der Waals surface area contributed by atoms with E-state index in [0.29, 0.717) is 31.6 Å². The van der Waals surface area contributed by atoms with Gasteiger partial charge in [0.05, 0.1) is 23.8 Å². The van der Waals surface area contributed by atoms with Crippen LogP contribution in [0.2, 0.25) is 0 Å². The summed E-state index contributed by atoms with van der Waals surface area (Å²) < 4.78 is 52.6. The van der Waals surface area contributed by atoms with Gasteiger partial charge in [-0.1, -0.05) is 42.8 Å². The molecule has 0 atom stereocenters. The lowest BCUT2D eigenvalue weighted by molar-refractivity contribution is -0.151. The standard InChI is InChI=1S/C35H41F3N4O4/c1-33(2,3)46-32(44)42-20-16-24(17-21-42)23-10-13-26(14-11-23)40-31-39-22-28(35(36,37)38)29(41-31)15-12-25-8-5-6-9-27(25)34(18-7-19-34)30(43)45-4/h5-6,8-11,13-14,22,24H,7,12,15-21H2,1-4H3,(H,39,40,41). The number of hydrogen-bond acceptors (Lipinski definition) is 7. The van der Waals surface area contributed by atoms with E-state index in [1.807, 2.05) is 69.3 Å². The number of ether oxygens (including phenoxy) is 2. The first-order valence-corrected chi connectivity index (χ1v) is 15.7. The molecule has 1 saturated carbocycles. The molecule has 2 aliphatic rings. The zero-order chi connectivity index (χ0) is 33.1. The Bertz CT molecular complexity index is 1540. The highest BCUT2D eigenvalue weighted by Crippen LogP contribution is 2.46. The van der Waals surface area contributed by atoms with E-state index in [0.717, 1.165) is 42.1 Å². The number of carbonyl (C=O) groups excluding carboxylic acids is 2. The van der Waals surface area contributed by atoms with E-state index >= 15 is 0 Å². The third-order valence-corrected chi connectivity index (χ3v) is 8.91. The average molecular weight is 639 g/mol. The van der Waals surface area contributed by atoms with Gasteiger partial charge in [-0.25, -0.2) is 14.8 Å². The van der Waals surface area contributed by atoms with Gasteiger partial charge in [0.2, 0.25) is 5.95 Å². The molecule has 0 spiro atoms. The number of nitrogens with zero attached hydrogens (tertiary/aromatic N) is 3. The number of likely N-dealkylation sites (tertiary alicyclic amines) is 1. The maximum absolute atomic E-state index is 14.0. The number of piperidine rings is 1. The zero-order valence-corrected chi connectivity index (χ0v) is 26.7. The molecule has 2 aromatic carbocycles. The fourth-order valence-electron chi connectivity index (χ4n) is 6.36. The van der Waals surface area contributed by atoms with E-state index in [2.05, 4.69) is 15.3 Å². The molecular formula is C35H41F3N4O4. The smallest absolute Gasteiger partial charge is 0.419 e. The maximum Gasteiger partial charge on any atom is 0.419 e. The van der Waals surface area contributed by atoms with Crippen molar-refractivity contribution in [3.8, 4) is 0 Å². The van der Waals surface area contributed by atoms with Gasteiger partial charge in [0, 0.05) is 25.0 Å². The molecule has 8 nitrogen and oxygen atoms in total. The van der Waals surface area contributed by atoms with Crippen molar-refractivity contribution in [2.45, 2.75) is 88.8 Å². The normalized spacial score (nSPS) is 16.8. The van der Waals surface area contributed by atoms with Gasteiger partial charge in [-0.3, -0.25) is 4.79 Å². The molecule has 1 saturated heterocycles. The van der Waals surface area contributed by atoms with Crippen molar-refractivity contribution in [3.05, 3.63) is 82.7 Å². The number of benzene rings is 2. The highest BCUT2D eigenvalue weighted by molar-refractivity contribution is 5.84. The Morgan fingerprint density at radius 1 is 1.00 bits per heavy atom. The van der Waals surface area contributed by atoms with Crippen LogP contribution < -0.4 is 5.32 Å². The lowest BCUT2D eigenvalue weighted by Gasteiger charge is -2.40. The zero-order valence-electron chi connectivity index (χ0n) is 26.7. The minimum Gasteiger partial charge on any atom is -0.468 e. The van der Waals surface area contributed by atoms with Crippen LogP contribution in [0.3, 0.4) is 0 Å². The number of hydrogen-bond donors (Lipinski definition) is 1. The summed E-state index contributed by atoms with van der Waals surface area (Å²) in [5.74, 6) is 0.0375. The van der Waals surface area contributed by atoms with Crippen LogP contribution in [0.15, 0.2) is 54.7 Å². The summed E-state index contributed by atoms with van der Waals surface area (Å²) in [7, 11) is 1.36. The van der Waals surface area contributed by atoms with E-state index in [1.165, 1.54) is 7.11 Å². The molecule has 1 aliphatic heterocycles. The van der Waals surface area contributed by atoms with Gasteiger partial charge < -0.3 is 19.7 Å². The number of alkyl halides is 3. The lowest BCUT2D eigenvalue weighted by atomic mass is 9.63. The fraction of sp³-hybridized carbons (Fsp3) is 0.486. The number of methoxy groups -OCH3 is 1. The van der Waals surface area contributed by atoms with E-state index in [4.69, 9.17) is 9.47 Å². The van der Waals surface area contributed by atoms with Gasteiger partial charge in [0.25, 0.3) is 0 Å². The summed E-state index contributed by atoms with van der Waals surface area (Å²) in [5, 5.41) is 3.05. The Morgan fingerprint density at radius 3 is 2.26 bits per heavy atom. The summed E-state index contributed by atoms with van der Waals surface area (Å²) >= 11 is 0. The molecule has 0 unspecified atom stereocenters. The average Bonchev–Trinajstić information content (AvgIpc) is 2.99. The number of aryl methyl sites for hydroxylation is 2. The summed E-state index contributed by atoms with van der Waals surface area (Å²) in [6, 6.07) is 15.1. The van der Waals surface area contributed by atoms with Crippen LogP contribution in [0.25, 0.3) is 0 Å². The largest absolute Gasteiger partial charge is 0.468 e. The SMILES string of the molecule is COC(=O)C1(c2ccccc2CCc2nc(Nc3ccc(C4CCN(C(=O)OC(C)(C)C)CC4)cc3)ncc2C(F)(F)F)CCC1. The molecule has 0 bridgehead atoms. The van der Waals surface area contributed by atoms with Crippen molar-refractivity contribution < 1.29 is 32.2 Å². The van der Waals surface area contributed by atoms with Crippen LogP contribution in [0.5, 0.6) is 0 Å². The molecule has 2 fully saturated rings. The highest BCUT2D eigenvalue weighted by Gasteiger charge is 2.47. The van der Waals surface area contributed by atoms with Crippen LogP contribution in [0, 0.1) is 0 Å². The number of esters is 1. The number of aromatic nitrogens is 2. The Labute approximate surface area is 267 Å². The van der Waals surface area contributed by atoms with Crippen LogP contribution in [-0.2, 0) is 38.7 Å². The second-order valence-corrected chi connectivity index (χ2v) is 13.1. The Morgan fingerprint density at radius 2 is 1.67 bits per heavy atom. The predicted octanol–water partition coefficient (Wildman–Crippen LogP) is 7.73. The molecule has 5 rings (SSSR count). The molecule has 2 heterocycles. The van der Waals surface area contributed by atoms with Gasteiger partial charge in [0.1, 0.15) is 5.60 Å². The molecular weight excluding hydrogens is 597 g/mol. The molecule has 0 radical (unpaired) electrons. The fourth-order valence-corrected chi connectivity index (χ4v) is 6.36. The van der Waals surface area contributed by atoms with Crippen molar-refractivity contribution in [1.82, 2.24) is 14.9 Å². The molecule has 11 heteroatoms. The minimum absolute atomic E-state index is 0.0151. The number of rotatable bonds is 8. The molecule has 46 heavy (non-hydrogen) atoms. The maximum atomic E-state index is 14.0. The van der Waals surface area contributed by atoms with Crippen molar-refractivity contribution >= 4 is 23.7 Å². The molecule has 3 aromatic rings. The lowest BCUT2D eigenvalue weighted by Crippen LogP contribution is -2.44. The third-order valence-electron chi connectivity index (χ3n) is 8.91. The minimum atomic E-state index is -4.62. The van der Waals surface area contributed by atoms with Crippen molar-refractivity contribution in [2.24, 2.45) is 0 Å². The number of nitrogens with one attached hydrogen (secondary N) is 1. The third kappa shape index (κ3) is 7.45. The first-order chi connectivity index (χ1) is 21.8. The first-order valence-electron chi connectivity index (χ1n) is 15.7. The Hall–Kier alpha value is -4.15. The Balaban J connectivity index is 1.27. The van der Waals surface area contributed by atoms with Gasteiger partial charge in [0.15, 0.2) is 0 Å². The van der Waals surface area contributed by atoms with Crippen LogP contribution >= 0.6 is 0 Å². The van der Waals surface area contributed by atoms with Crippen LogP contribution in [0.4, 0.5) is 29.6 Å². The topological polar surface area (TPSA) is 93.7 Å². The van der Waals surface area contributed by atoms with Crippen molar-refractivity contribution in [3.63, 3.8) is 0 Å². The number of anilines is 2. The van der Waals surface area contributed by atoms with Gasteiger partial charge in [-0.15, -0.1) is 0 Å². The van der Waals surface area contributed by atoms with Crippen LogP contribution in [-0.4, -0.2) is 52.7 Å². The van der Waals surface area contributed by atoms with Gasteiger partial charge >= 0.3 is 18.2 Å². The number of amides is 1. The second kappa shape index (κ2) is 13.3. The van der Waals surface area contributed by atoms with E-state index in [-0.39, 0.29) is 42.5 Å². The van der Waals surface area contributed by atoms with E-state index in [1.54, 1.807) is 4.90 Å². The molecule has 1 amide bonds. The van der Waals surface area contributed by atoms with Gasteiger partial charge in [-0.2, -0.15) is 13.2 Å². The molecule has 1 N–H and O–H groups in total. The second-order valence-electron chi connectivity index (χ2n) is 13.1.